The summed E-state index contributed by atoms with van der Waals surface area (Å²) in [6.45, 7) is 17.7. The summed E-state index contributed by atoms with van der Waals surface area (Å²) in [5, 5.41) is 0. The number of fused-ring (bicyclic) bond motifs is 1. The minimum absolute atomic E-state index is 0.0370. The van der Waals surface area contributed by atoms with Gasteiger partial charge in [0, 0.05) is 57.2 Å². The first-order chi connectivity index (χ1) is 18.8. The van der Waals surface area contributed by atoms with Crippen LogP contribution < -0.4 is 4.90 Å². The number of nitrogens with zero attached hydrogens (tertiary/aromatic N) is 3. The molecule has 10 heteroatoms. The predicted octanol–water partition coefficient (Wildman–Crippen LogP) is 4.43. The minimum Gasteiger partial charge on any atom is -0.369 e. The molecule has 1 saturated heterocycles. The van der Waals surface area contributed by atoms with Gasteiger partial charge in [-0.3, -0.25) is 9.69 Å². The molecular formula is C29H42FN3O5S. The van der Waals surface area contributed by atoms with E-state index in [1.165, 1.54) is 22.5 Å². The Balaban J connectivity index is 0.000000460. The van der Waals surface area contributed by atoms with E-state index in [-0.39, 0.29) is 29.3 Å². The average Bonchev–Trinajstić information content (AvgIpc) is 2.94. The number of rotatable bonds is 9. The van der Waals surface area contributed by atoms with E-state index in [4.69, 9.17) is 9.47 Å². The lowest BCUT2D eigenvalue weighted by atomic mass is 10.1. The number of ether oxygens (including phenoxy) is 2. The highest BCUT2D eigenvalue weighted by atomic mass is 32.2. The molecule has 0 aromatic heterocycles. The van der Waals surface area contributed by atoms with E-state index >= 15 is 0 Å². The van der Waals surface area contributed by atoms with Crippen LogP contribution in [-0.4, -0.2) is 88.7 Å². The molecule has 216 valence electrons. The fraction of sp³-hybridized carbons (Fsp3) is 0.483. The van der Waals surface area contributed by atoms with E-state index in [0.717, 1.165) is 51.6 Å². The highest BCUT2D eigenvalue weighted by Gasteiger charge is 2.35. The molecule has 0 unspecified atom stereocenters. The van der Waals surface area contributed by atoms with E-state index in [0.29, 0.717) is 18.5 Å². The van der Waals surface area contributed by atoms with Crippen LogP contribution in [0.15, 0.2) is 66.6 Å². The first-order valence-electron chi connectivity index (χ1n) is 13.3. The largest absolute Gasteiger partial charge is 0.369 e. The maximum absolute atomic E-state index is 13.1. The number of ketones is 1. The van der Waals surface area contributed by atoms with Crippen molar-refractivity contribution < 1.29 is 27.1 Å². The monoisotopic (exact) mass is 563 g/mol. The van der Waals surface area contributed by atoms with Gasteiger partial charge in [0.1, 0.15) is 5.82 Å². The molecule has 4 rings (SSSR count). The van der Waals surface area contributed by atoms with Crippen molar-refractivity contribution >= 4 is 21.5 Å². The molecule has 2 aromatic carbocycles. The molecule has 2 heterocycles. The zero-order chi connectivity index (χ0) is 28.8. The second-order valence-electron chi connectivity index (χ2n) is 8.89. The van der Waals surface area contributed by atoms with Crippen molar-refractivity contribution in [2.75, 3.05) is 63.9 Å². The van der Waals surface area contributed by atoms with Crippen molar-refractivity contribution in [3.63, 3.8) is 0 Å². The van der Waals surface area contributed by atoms with Gasteiger partial charge in [-0.05, 0) is 70.1 Å². The Morgan fingerprint density at radius 3 is 2.10 bits per heavy atom. The number of carbonyl (C=O) groups is 1. The molecule has 39 heavy (non-hydrogen) atoms. The lowest BCUT2D eigenvalue weighted by Crippen LogP contribution is -2.47. The zero-order valence-electron chi connectivity index (χ0n) is 23.4. The summed E-state index contributed by atoms with van der Waals surface area (Å²) in [5.41, 5.74) is 1.31. The van der Waals surface area contributed by atoms with Gasteiger partial charge < -0.3 is 14.4 Å². The lowest BCUT2D eigenvalue weighted by molar-refractivity contribution is -0.123. The Bertz CT molecular complexity index is 1120. The maximum Gasteiger partial charge on any atom is 0.244 e. The van der Waals surface area contributed by atoms with E-state index in [9.17, 15) is 17.6 Å². The van der Waals surface area contributed by atoms with Gasteiger partial charge in [-0.1, -0.05) is 12.1 Å². The van der Waals surface area contributed by atoms with Crippen molar-refractivity contribution in [3.05, 3.63) is 73.1 Å². The summed E-state index contributed by atoms with van der Waals surface area (Å²) in [7, 11) is -3.61. The van der Waals surface area contributed by atoms with Crippen molar-refractivity contribution in [2.45, 2.75) is 38.4 Å². The number of anilines is 1. The third kappa shape index (κ3) is 9.51. The molecule has 2 aliphatic rings. The quantitative estimate of drug-likeness (QED) is 0.330. The van der Waals surface area contributed by atoms with Crippen molar-refractivity contribution in [2.24, 2.45) is 0 Å². The molecule has 0 amide bonds. The van der Waals surface area contributed by atoms with Crippen molar-refractivity contribution in [3.8, 4) is 0 Å². The normalized spacial score (nSPS) is 17.1. The lowest BCUT2D eigenvalue weighted by Gasteiger charge is -2.36. The third-order valence-corrected chi connectivity index (χ3v) is 8.28. The number of sulfonamides is 1. The number of benzene rings is 2. The average molecular weight is 564 g/mol. The summed E-state index contributed by atoms with van der Waals surface area (Å²) in [6.07, 6.45) is 0.635. The Hall–Kier alpha value is -2.63. The molecule has 2 aliphatic heterocycles. The minimum atomic E-state index is -3.61. The van der Waals surface area contributed by atoms with Crippen LogP contribution in [0.4, 0.5) is 10.1 Å². The number of carbonyl (C=O) groups excluding carboxylic acids is 1. The smallest absolute Gasteiger partial charge is 0.244 e. The van der Waals surface area contributed by atoms with Crippen molar-refractivity contribution in [1.82, 2.24) is 9.21 Å². The molecular weight excluding hydrogens is 521 g/mol. The van der Waals surface area contributed by atoms with E-state index < -0.39 is 10.0 Å². The molecule has 0 atom stereocenters. The standard InChI is InChI=1S/C21H24FN3O3S.C6H14O2.C2H4/c22-17-6-8-18(9-7-17)24-14-12-23(13-15-24)10-3-11-25-16-20(26)19-4-1-2-5-21(19)29(25,27)28;1-4-7-6(3)8-5-2;1-2/h1-2,4-9H,3,10-16H2;6H,4-5H2,1-3H3;1-2H2. The third-order valence-electron chi connectivity index (χ3n) is 6.37. The highest BCUT2D eigenvalue weighted by Crippen LogP contribution is 2.26. The van der Waals surface area contributed by atoms with Gasteiger partial charge in [-0.2, -0.15) is 4.31 Å². The van der Waals surface area contributed by atoms with Gasteiger partial charge in [-0.15, -0.1) is 13.2 Å². The number of Topliss-reactive ketones (excluding diaryl/α,β-unsaturated/α-hetero) is 1. The van der Waals surface area contributed by atoms with Crippen LogP contribution in [-0.2, 0) is 19.5 Å². The molecule has 2 aromatic rings. The summed E-state index contributed by atoms with van der Waals surface area (Å²) in [5.74, 6) is -0.385. The fourth-order valence-corrected chi connectivity index (χ4v) is 6.11. The first kappa shape index (κ1) is 32.6. The number of piperazine rings is 1. The number of halogens is 1. The van der Waals surface area contributed by atoms with Crippen LogP contribution in [0.1, 0.15) is 37.6 Å². The summed E-state index contributed by atoms with van der Waals surface area (Å²) >= 11 is 0. The second kappa shape index (κ2) is 16.5. The highest BCUT2D eigenvalue weighted by molar-refractivity contribution is 7.89. The van der Waals surface area contributed by atoms with Crippen LogP contribution in [0.3, 0.4) is 0 Å². The molecule has 1 fully saturated rings. The molecule has 0 radical (unpaired) electrons. The summed E-state index contributed by atoms with van der Waals surface area (Å²) in [4.78, 5) is 16.9. The van der Waals surface area contributed by atoms with Crippen LogP contribution in [0.2, 0.25) is 0 Å². The second-order valence-corrected chi connectivity index (χ2v) is 10.8. The Labute approximate surface area is 233 Å². The van der Waals surface area contributed by atoms with Gasteiger partial charge in [0.25, 0.3) is 0 Å². The van der Waals surface area contributed by atoms with Gasteiger partial charge in [-0.25, -0.2) is 12.8 Å². The molecule has 0 bridgehead atoms. The van der Waals surface area contributed by atoms with Crippen LogP contribution in [0.25, 0.3) is 0 Å². The van der Waals surface area contributed by atoms with Gasteiger partial charge in [0.05, 0.1) is 11.4 Å². The van der Waals surface area contributed by atoms with Gasteiger partial charge >= 0.3 is 0 Å². The van der Waals surface area contributed by atoms with E-state index in [2.05, 4.69) is 23.0 Å². The molecule has 0 saturated carbocycles. The zero-order valence-corrected chi connectivity index (χ0v) is 24.2. The SMILES string of the molecule is C=C.CCOC(C)OCC.O=C1CN(CCCN2CCN(c3ccc(F)cc3)CC2)S(=O)(=O)c2ccccc21. The van der Waals surface area contributed by atoms with Crippen molar-refractivity contribution in [1.29, 1.82) is 0 Å². The summed E-state index contributed by atoms with van der Waals surface area (Å²) in [6, 6.07) is 12.9. The molecule has 0 spiro atoms. The number of hydrogen-bond donors (Lipinski definition) is 0. The van der Waals surface area contributed by atoms with Crippen LogP contribution >= 0.6 is 0 Å². The maximum atomic E-state index is 13.1. The molecule has 0 N–H and O–H groups in total. The number of hydrogen-bond acceptors (Lipinski definition) is 7. The van der Waals surface area contributed by atoms with E-state index in [1.807, 2.05) is 20.8 Å². The van der Waals surface area contributed by atoms with Gasteiger partial charge in [0.2, 0.25) is 10.0 Å². The Kier molecular flexibility index (Phi) is 13.8. The Morgan fingerprint density at radius 2 is 1.51 bits per heavy atom. The Morgan fingerprint density at radius 1 is 0.923 bits per heavy atom. The van der Waals surface area contributed by atoms with E-state index in [1.54, 1.807) is 30.3 Å². The van der Waals surface area contributed by atoms with Crippen LogP contribution in [0.5, 0.6) is 0 Å². The van der Waals surface area contributed by atoms with Crippen LogP contribution in [0, 0.1) is 5.82 Å². The fourth-order valence-electron chi connectivity index (χ4n) is 4.46. The first-order valence-corrected chi connectivity index (χ1v) is 14.8. The predicted molar refractivity (Wildman–Crippen MR) is 153 cm³/mol. The topological polar surface area (TPSA) is 79.4 Å². The molecule has 0 aliphatic carbocycles. The van der Waals surface area contributed by atoms with Gasteiger partial charge in [0.15, 0.2) is 12.1 Å². The summed E-state index contributed by atoms with van der Waals surface area (Å²) < 4.78 is 50.1. The molecule has 8 nitrogen and oxygen atoms in total.